The van der Waals surface area contributed by atoms with E-state index in [0.29, 0.717) is 6.04 Å². The Balaban J connectivity index is 2.00. The van der Waals surface area contributed by atoms with Gasteiger partial charge in [-0.25, -0.2) is 4.98 Å². The summed E-state index contributed by atoms with van der Waals surface area (Å²) in [6, 6.07) is 15.2. The molecule has 1 N–H and O–H groups in total. The van der Waals surface area contributed by atoms with E-state index in [2.05, 4.69) is 60.5 Å². The average Bonchev–Trinajstić information content (AvgIpc) is 2.75. The van der Waals surface area contributed by atoms with Crippen LogP contribution in [0.15, 0.2) is 42.5 Å². The smallest absolute Gasteiger partial charge is 0.135 e. The average molecular weight is 253 g/mol. The minimum absolute atomic E-state index is 0.460. The number of benzene rings is 1. The van der Waals surface area contributed by atoms with Crippen molar-refractivity contribution in [1.29, 1.82) is 0 Å². The second-order valence-electron chi connectivity index (χ2n) is 4.96. The number of pyridine rings is 1. The molecule has 0 fully saturated rings. The summed E-state index contributed by atoms with van der Waals surface area (Å²) in [6.45, 7) is 5.23. The van der Waals surface area contributed by atoms with Gasteiger partial charge >= 0.3 is 0 Å². The van der Waals surface area contributed by atoms with Crippen LogP contribution in [0.2, 0.25) is 0 Å². The highest BCUT2D eigenvalue weighted by Gasteiger charge is 2.27. The Labute approximate surface area is 114 Å². The van der Waals surface area contributed by atoms with Gasteiger partial charge in [0.05, 0.1) is 0 Å². The molecule has 3 rings (SSSR count). The van der Waals surface area contributed by atoms with Gasteiger partial charge in [0.25, 0.3) is 0 Å². The van der Waals surface area contributed by atoms with Gasteiger partial charge in [0, 0.05) is 18.3 Å². The fourth-order valence-corrected chi connectivity index (χ4v) is 2.75. The Bertz CT molecular complexity index is 580. The van der Waals surface area contributed by atoms with E-state index in [0.717, 1.165) is 24.6 Å². The molecule has 3 nitrogen and oxygen atoms in total. The van der Waals surface area contributed by atoms with E-state index in [1.165, 1.54) is 11.3 Å². The highest BCUT2D eigenvalue weighted by atomic mass is 15.2. The molecule has 0 saturated heterocycles. The van der Waals surface area contributed by atoms with Crippen LogP contribution in [-0.4, -0.2) is 17.6 Å². The summed E-state index contributed by atoms with van der Waals surface area (Å²) in [6.07, 6.45) is 1.09. The minimum Gasteiger partial charge on any atom is -0.370 e. The number of hydrogen-bond acceptors (Lipinski definition) is 3. The van der Waals surface area contributed by atoms with Crippen molar-refractivity contribution in [3.8, 4) is 0 Å². The molecule has 0 radical (unpaired) electrons. The van der Waals surface area contributed by atoms with Crippen LogP contribution in [0, 0.1) is 0 Å². The first kappa shape index (κ1) is 12.0. The minimum atomic E-state index is 0.460. The summed E-state index contributed by atoms with van der Waals surface area (Å²) >= 11 is 0. The Morgan fingerprint density at radius 2 is 2.05 bits per heavy atom. The maximum Gasteiger partial charge on any atom is 0.135 e. The van der Waals surface area contributed by atoms with Crippen molar-refractivity contribution >= 4 is 17.3 Å². The van der Waals surface area contributed by atoms with E-state index in [1.54, 1.807) is 0 Å². The first-order valence-corrected chi connectivity index (χ1v) is 6.87. The van der Waals surface area contributed by atoms with Crippen LogP contribution in [0.4, 0.5) is 17.3 Å². The molecular formula is C16H19N3. The summed E-state index contributed by atoms with van der Waals surface area (Å²) in [5.74, 6) is 1.97. The third-order valence-corrected chi connectivity index (χ3v) is 3.55. The van der Waals surface area contributed by atoms with Crippen molar-refractivity contribution in [2.24, 2.45) is 0 Å². The highest BCUT2D eigenvalue weighted by Crippen LogP contribution is 2.37. The monoisotopic (exact) mass is 253 g/mol. The first-order valence-electron chi connectivity index (χ1n) is 6.87. The molecule has 98 valence electrons. The molecule has 19 heavy (non-hydrogen) atoms. The number of para-hydroxylation sites is 1. The van der Waals surface area contributed by atoms with E-state index < -0.39 is 0 Å². The predicted octanol–water partition coefficient (Wildman–Crippen LogP) is 3.60. The molecular weight excluding hydrogens is 234 g/mol. The predicted molar refractivity (Wildman–Crippen MR) is 80.1 cm³/mol. The van der Waals surface area contributed by atoms with Crippen molar-refractivity contribution in [2.75, 3.05) is 16.8 Å². The molecule has 1 aliphatic rings. The van der Waals surface area contributed by atoms with Gasteiger partial charge in [-0.15, -0.1) is 0 Å². The highest BCUT2D eigenvalue weighted by molar-refractivity contribution is 5.69. The zero-order chi connectivity index (χ0) is 13.2. The molecule has 3 heteroatoms. The second-order valence-corrected chi connectivity index (χ2v) is 4.96. The lowest BCUT2D eigenvalue weighted by Crippen LogP contribution is -2.24. The quantitative estimate of drug-likeness (QED) is 0.906. The van der Waals surface area contributed by atoms with E-state index in [9.17, 15) is 0 Å². The van der Waals surface area contributed by atoms with Crippen LogP contribution in [-0.2, 0) is 6.42 Å². The lowest BCUT2D eigenvalue weighted by Gasteiger charge is -2.24. The standard InChI is InChI=1S/C16H19N3/c1-3-17-15-9-6-10-16(18-15)19-12(2)11-13-7-4-5-8-14(13)19/h4-10,12H,3,11H2,1-2H3,(H,17,18). The molecule has 0 saturated carbocycles. The fourth-order valence-electron chi connectivity index (χ4n) is 2.75. The van der Waals surface area contributed by atoms with Gasteiger partial charge in [0.15, 0.2) is 0 Å². The molecule has 2 aromatic rings. The van der Waals surface area contributed by atoms with Gasteiger partial charge in [0.1, 0.15) is 11.6 Å². The second kappa shape index (κ2) is 4.92. The van der Waals surface area contributed by atoms with Crippen LogP contribution < -0.4 is 10.2 Å². The van der Waals surface area contributed by atoms with Crippen molar-refractivity contribution < 1.29 is 0 Å². The van der Waals surface area contributed by atoms with E-state index in [-0.39, 0.29) is 0 Å². The molecule has 1 aromatic heterocycles. The van der Waals surface area contributed by atoms with Crippen LogP contribution in [0.1, 0.15) is 19.4 Å². The van der Waals surface area contributed by atoms with Crippen LogP contribution in [0.25, 0.3) is 0 Å². The molecule has 1 aliphatic heterocycles. The van der Waals surface area contributed by atoms with Gasteiger partial charge in [0.2, 0.25) is 0 Å². The maximum atomic E-state index is 4.71. The first-order chi connectivity index (χ1) is 9.29. The summed E-state index contributed by atoms with van der Waals surface area (Å²) in [4.78, 5) is 7.04. The van der Waals surface area contributed by atoms with Crippen molar-refractivity contribution in [3.05, 3.63) is 48.0 Å². The van der Waals surface area contributed by atoms with Crippen molar-refractivity contribution in [3.63, 3.8) is 0 Å². The molecule has 0 aliphatic carbocycles. The molecule has 0 spiro atoms. The third kappa shape index (κ3) is 2.16. The summed E-state index contributed by atoms with van der Waals surface area (Å²) < 4.78 is 0. The Morgan fingerprint density at radius 3 is 2.89 bits per heavy atom. The van der Waals surface area contributed by atoms with E-state index in [4.69, 9.17) is 4.98 Å². The number of aromatic nitrogens is 1. The summed E-state index contributed by atoms with van der Waals surface area (Å²) in [5, 5.41) is 3.27. The molecule has 0 amide bonds. The van der Waals surface area contributed by atoms with Gasteiger partial charge < -0.3 is 10.2 Å². The van der Waals surface area contributed by atoms with Crippen molar-refractivity contribution in [1.82, 2.24) is 4.98 Å². The number of hydrogen-bond donors (Lipinski definition) is 1. The Morgan fingerprint density at radius 1 is 1.21 bits per heavy atom. The van der Waals surface area contributed by atoms with Gasteiger partial charge in [-0.3, -0.25) is 0 Å². The topological polar surface area (TPSA) is 28.2 Å². The normalized spacial score (nSPS) is 17.4. The summed E-state index contributed by atoms with van der Waals surface area (Å²) in [7, 11) is 0. The maximum absolute atomic E-state index is 4.71. The van der Waals surface area contributed by atoms with Crippen LogP contribution >= 0.6 is 0 Å². The van der Waals surface area contributed by atoms with E-state index in [1.807, 2.05) is 6.07 Å². The van der Waals surface area contributed by atoms with Gasteiger partial charge in [-0.1, -0.05) is 24.3 Å². The molecule has 1 atom stereocenters. The third-order valence-electron chi connectivity index (χ3n) is 3.55. The van der Waals surface area contributed by atoms with Crippen LogP contribution in [0.5, 0.6) is 0 Å². The largest absolute Gasteiger partial charge is 0.370 e. The zero-order valence-corrected chi connectivity index (χ0v) is 11.4. The number of nitrogens with one attached hydrogen (secondary N) is 1. The van der Waals surface area contributed by atoms with Gasteiger partial charge in [-0.2, -0.15) is 0 Å². The number of anilines is 3. The van der Waals surface area contributed by atoms with Gasteiger partial charge in [-0.05, 0) is 44.0 Å². The lowest BCUT2D eigenvalue weighted by atomic mass is 10.1. The van der Waals surface area contributed by atoms with Crippen molar-refractivity contribution in [2.45, 2.75) is 26.3 Å². The summed E-state index contributed by atoms with van der Waals surface area (Å²) in [5.41, 5.74) is 2.70. The lowest BCUT2D eigenvalue weighted by molar-refractivity contribution is 0.751. The SMILES string of the molecule is CCNc1cccc(N2c3ccccc3CC2C)n1. The number of rotatable bonds is 3. The van der Waals surface area contributed by atoms with Crippen LogP contribution in [0.3, 0.4) is 0 Å². The molecule has 0 bridgehead atoms. The Hall–Kier alpha value is -2.03. The zero-order valence-electron chi connectivity index (χ0n) is 11.4. The molecule has 1 unspecified atom stereocenters. The molecule has 1 aromatic carbocycles. The number of nitrogens with zero attached hydrogens (tertiary/aromatic N) is 2. The van der Waals surface area contributed by atoms with E-state index >= 15 is 0 Å². The molecule has 2 heterocycles. The fraction of sp³-hybridized carbons (Fsp3) is 0.312. The number of fused-ring (bicyclic) bond motifs is 1. The Kier molecular flexibility index (Phi) is 3.11.